The molecule has 7 nitrogen and oxygen atoms in total. The van der Waals surface area contributed by atoms with Gasteiger partial charge in [0.15, 0.2) is 0 Å². The molecule has 0 radical (unpaired) electrons. The van der Waals surface area contributed by atoms with Crippen molar-refractivity contribution in [3.05, 3.63) is 88.9 Å². The van der Waals surface area contributed by atoms with E-state index < -0.39 is 23.8 Å². The predicted octanol–water partition coefficient (Wildman–Crippen LogP) is 2.89. The molecule has 1 aliphatic carbocycles. The fourth-order valence-corrected chi connectivity index (χ4v) is 3.16. The fraction of sp³-hybridized carbons (Fsp3) is 0.208. The number of alkyl halides is 1. The van der Waals surface area contributed by atoms with Crippen molar-refractivity contribution >= 4 is 23.7 Å². The Labute approximate surface area is 189 Å². The van der Waals surface area contributed by atoms with E-state index in [-0.39, 0.29) is 25.1 Å². The standard InChI is InChI=1S/C24H24F2N4O3/c25-19-9-7-16(8-10-19)13-21(17-3-1-5-20(26)14-17)24(32)28-12-11-27-22-6-2-4-18(15-29-22)23(31)30-33/h1-3,6-10,13-15,20,33H,4-5,11-12H2,(H,27,29)(H,28,32)(H,30,31). The summed E-state index contributed by atoms with van der Waals surface area (Å²) in [6.45, 7) is 0.459. The first-order chi connectivity index (χ1) is 16.0. The van der Waals surface area contributed by atoms with Crippen LogP contribution in [0.3, 0.4) is 0 Å². The quantitative estimate of drug-likeness (QED) is 0.220. The summed E-state index contributed by atoms with van der Waals surface area (Å²) >= 11 is 0. The van der Waals surface area contributed by atoms with Crippen molar-refractivity contribution in [3.63, 3.8) is 0 Å². The van der Waals surface area contributed by atoms with Crippen LogP contribution in [-0.4, -0.2) is 42.1 Å². The molecule has 172 valence electrons. The highest BCUT2D eigenvalue weighted by Gasteiger charge is 2.17. The number of amides is 2. The Hall–Kier alpha value is -3.85. The number of amidine groups is 1. The van der Waals surface area contributed by atoms with Gasteiger partial charge in [-0.25, -0.2) is 14.3 Å². The highest BCUT2D eigenvalue weighted by molar-refractivity contribution is 6.03. The number of carbonyl (C=O) groups is 2. The molecule has 1 atom stereocenters. The second kappa shape index (κ2) is 11.7. The number of halogens is 2. The first kappa shape index (κ1) is 23.8. The highest BCUT2D eigenvalue weighted by Crippen LogP contribution is 2.23. The average molecular weight is 454 g/mol. The van der Waals surface area contributed by atoms with Crippen LogP contribution in [-0.2, 0) is 9.59 Å². The first-order valence-corrected chi connectivity index (χ1v) is 10.4. The second-order valence-corrected chi connectivity index (χ2v) is 7.27. The van der Waals surface area contributed by atoms with Gasteiger partial charge in [0.1, 0.15) is 17.8 Å². The maximum atomic E-state index is 13.9. The molecule has 33 heavy (non-hydrogen) atoms. The monoisotopic (exact) mass is 454 g/mol. The maximum absolute atomic E-state index is 13.9. The van der Waals surface area contributed by atoms with Crippen molar-refractivity contribution in [2.24, 2.45) is 4.99 Å². The predicted molar refractivity (Wildman–Crippen MR) is 121 cm³/mol. The average Bonchev–Trinajstić information content (AvgIpc) is 3.06. The fourth-order valence-electron chi connectivity index (χ4n) is 3.16. The lowest BCUT2D eigenvalue weighted by atomic mass is 9.96. The first-order valence-electron chi connectivity index (χ1n) is 10.4. The molecule has 0 spiro atoms. The van der Waals surface area contributed by atoms with E-state index in [0.717, 1.165) is 0 Å². The van der Waals surface area contributed by atoms with Gasteiger partial charge in [0.05, 0.1) is 6.54 Å². The van der Waals surface area contributed by atoms with Crippen LogP contribution in [0.15, 0.2) is 82.6 Å². The molecule has 1 aliphatic heterocycles. The lowest BCUT2D eigenvalue weighted by Gasteiger charge is -2.14. The molecule has 0 bridgehead atoms. The van der Waals surface area contributed by atoms with Crippen LogP contribution in [0.1, 0.15) is 18.4 Å². The van der Waals surface area contributed by atoms with Crippen LogP contribution in [0, 0.1) is 5.82 Å². The van der Waals surface area contributed by atoms with Crippen LogP contribution in [0.4, 0.5) is 8.78 Å². The van der Waals surface area contributed by atoms with E-state index in [1.807, 2.05) is 0 Å². The van der Waals surface area contributed by atoms with E-state index >= 15 is 0 Å². The minimum Gasteiger partial charge on any atom is -0.350 e. The number of nitrogens with one attached hydrogen (secondary N) is 3. The number of aliphatic imine (C=N–C) groups is 1. The molecule has 1 unspecified atom stereocenters. The van der Waals surface area contributed by atoms with Crippen LogP contribution < -0.4 is 16.1 Å². The maximum Gasteiger partial charge on any atom is 0.272 e. The summed E-state index contributed by atoms with van der Waals surface area (Å²) in [6, 6.07) is 5.66. The van der Waals surface area contributed by atoms with E-state index in [4.69, 9.17) is 5.21 Å². The largest absolute Gasteiger partial charge is 0.350 e. The molecule has 0 saturated carbocycles. The summed E-state index contributed by atoms with van der Waals surface area (Å²) < 4.78 is 27.1. The molecular formula is C24H24F2N4O3. The molecule has 2 amide bonds. The van der Waals surface area contributed by atoms with Crippen molar-refractivity contribution in [1.82, 2.24) is 16.1 Å². The van der Waals surface area contributed by atoms with E-state index in [2.05, 4.69) is 15.6 Å². The van der Waals surface area contributed by atoms with Gasteiger partial charge in [-0.05, 0) is 47.9 Å². The lowest BCUT2D eigenvalue weighted by Crippen LogP contribution is -2.29. The lowest BCUT2D eigenvalue weighted by molar-refractivity contribution is -0.125. The van der Waals surface area contributed by atoms with Crippen LogP contribution in [0.5, 0.6) is 0 Å². The Bertz CT molecular complexity index is 1070. The minimum atomic E-state index is -1.18. The zero-order chi connectivity index (χ0) is 23.6. The number of allylic oxidation sites excluding steroid dienone is 4. The summed E-state index contributed by atoms with van der Waals surface area (Å²) in [5.74, 6) is -0.915. The summed E-state index contributed by atoms with van der Waals surface area (Å²) in [5.41, 5.74) is 3.24. The molecule has 1 aromatic carbocycles. The normalized spacial score (nSPS) is 19.3. The van der Waals surface area contributed by atoms with Crippen LogP contribution in [0.25, 0.3) is 6.08 Å². The molecule has 3 rings (SSSR count). The number of carbonyl (C=O) groups excluding carboxylic acids is 2. The van der Waals surface area contributed by atoms with Gasteiger partial charge in [-0.15, -0.1) is 0 Å². The van der Waals surface area contributed by atoms with Crippen molar-refractivity contribution in [1.29, 1.82) is 0 Å². The summed E-state index contributed by atoms with van der Waals surface area (Å²) in [7, 11) is 0. The third kappa shape index (κ3) is 7.08. The Balaban J connectivity index is 1.66. The summed E-state index contributed by atoms with van der Waals surface area (Å²) in [4.78, 5) is 28.7. The van der Waals surface area contributed by atoms with Crippen LogP contribution >= 0.6 is 0 Å². The van der Waals surface area contributed by atoms with Crippen molar-refractivity contribution in [2.45, 2.75) is 19.0 Å². The zero-order valence-corrected chi connectivity index (χ0v) is 17.7. The van der Waals surface area contributed by atoms with Crippen molar-refractivity contribution < 1.29 is 23.6 Å². The molecule has 1 aromatic rings. The SMILES string of the molecule is O=C(NO)C1=CNC(=NCCNC(=O)C(=Cc2ccc(F)cc2)C2=CC(F)CC=C2)C=CC1. The molecule has 0 aromatic heterocycles. The Morgan fingerprint density at radius 1 is 1.21 bits per heavy atom. The number of rotatable bonds is 7. The third-order valence-corrected chi connectivity index (χ3v) is 4.84. The molecule has 2 aliphatic rings. The van der Waals surface area contributed by atoms with Gasteiger partial charge in [-0.2, -0.15) is 0 Å². The highest BCUT2D eigenvalue weighted by atomic mass is 19.1. The van der Waals surface area contributed by atoms with E-state index in [9.17, 15) is 18.4 Å². The van der Waals surface area contributed by atoms with Gasteiger partial charge in [-0.1, -0.05) is 30.4 Å². The Morgan fingerprint density at radius 2 is 2.00 bits per heavy atom. The van der Waals surface area contributed by atoms with E-state index in [1.165, 1.54) is 36.5 Å². The van der Waals surface area contributed by atoms with E-state index in [0.29, 0.717) is 29.0 Å². The van der Waals surface area contributed by atoms with Gasteiger partial charge in [-0.3, -0.25) is 19.8 Å². The summed E-state index contributed by atoms with van der Waals surface area (Å²) in [5, 5.41) is 14.3. The van der Waals surface area contributed by atoms with Gasteiger partial charge < -0.3 is 10.6 Å². The Kier molecular flexibility index (Phi) is 8.43. The number of hydroxylamine groups is 1. The number of hydrogen-bond acceptors (Lipinski definition) is 4. The van der Waals surface area contributed by atoms with Crippen molar-refractivity contribution in [2.75, 3.05) is 13.1 Å². The number of benzene rings is 1. The Morgan fingerprint density at radius 3 is 2.73 bits per heavy atom. The van der Waals surface area contributed by atoms with Crippen molar-refractivity contribution in [3.8, 4) is 0 Å². The topological polar surface area (TPSA) is 103 Å². The molecule has 0 saturated heterocycles. The van der Waals surface area contributed by atoms with Crippen LogP contribution in [0.2, 0.25) is 0 Å². The van der Waals surface area contributed by atoms with Gasteiger partial charge >= 0.3 is 0 Å². The molecule has 1 heterocycles. The molecule has 4 N–H and O–H groups in total. The zero-order valence-electron chi connectivity index (χ0n) is 17.7. The molecule has 0 fully saturated rings. The number of nitrogens with zero attached hydrogens (tertiary/aromatic N) is 1. The second-order valence-electron chi connectivity index (χ2n) is 7.27. The minimum absolute atomic E-state index is 0.211. The third-order valence-electron chi connectivity index (χ3n) is 4.84. The number of hydrogen-bond donors (Lipinski definition) is 4. The van der Waals surface area contributed by atoms with Gasteiger partial charge in [0, 0.05) is 30.3 Å². The van der Waals surface area contributed by atoms with Gasteiger partial charge in [0.2, 0.25) is 0 Å². The molecular weight excluding hydrogens is 430 g/mol. The van der Waals surface area contributed by atoms with E-state index in [1.54, 1.807) is 35.9 Å². The van der Waals surface area contributed by atoms with Gasteiger partial charge in [0.25, 0.3) is 11.8 Å². The summed E-state index contributed by atoms with van der Waals surface area (Å²) in [6.07, 6.45) is 10.6. The molecule has 9 heteroatoms. The smallest absolute Gasteiger partial charge is 0.272 e.